The second-order valence-corrected chi connectivity index (χ2v) is 7.04. The van der Waals surface area contributed by atoms with Crippen molar-refractivity contribution >= 4 is 15.7 Å². The topological polar surface area (TPSA) is 103 Å². The summed E-state index contributed by atoms with van der Waals surface area (Å²) in [6.07, 6.45) is 0.00238. The zero-order chi connectivity index (χ0) is 21.1. The Hall–Kier alpha value is -3.31. The fourth-order valence-corrected chi connectivity index (χ4v) is 2.91. The van der Waals surface area contributed by atoms with Gasteiger partial charge in [-0.1, -0.05) is 6.92 Å². The molecule has 2 rings (SSSR count). The molecule has 0 saturated heterocycles. The Bertz CT molecular complexity index is 1100. The molecule has 0 aliphatic heterocycles. The highest BCUT2D eigenvalue weighted by molar-refractivity contribution is 7.93. The summed E-state index contributed by atoms with van der Waals surface area (Å²) in [5, 5.41) is 18.3. The summed E-state index contributed by atoms with van der Waals surface area (Å²) in [5.74, 6) is -1.01. The normalized spacial score (nSPS) is 11.4. The van der Waals surface area contributed by atoms with Crippen LogP contribution in [0.1, 0.15) is 23.6 Å². The zero-order valence-corrected chi connectivity index (χ0v) is 14.9. The third-order valence-corrected chi connectivity index (χ3v) is 4.62. The minimum absolute atomic E-state index is 0.00238. The smallest absolute Gasteiger partial charge is 0.456 e. The van der Waals surface area contributed by atoms with E-state index in [2.05, 4.69) is 0 Å². The van der Waals surface area contributed by atoms with Crippen molar-refractivity contribution in [1.82, 2.24) is 0 Å². The van der Waals surface area contributed by atoms with Crippen LogP contribution in [0.3, 0.4) is 0 Å². The van der Waals surface area contributed by atoms with Crippen LogP contribution in [0.5, 0.6) is 11.5 Å². The predicted molar refractivity (Wildman–Crippen MR) is 90.3 cm³/mol. The number of alkyl halides is 3. The molecule has 0 aliphatic carbocycles. The van der Waals surface area contributed by atoms with Gasteiger partial charge in [-0.25, -0.2) is 4.39 Å². The summed E-state index contributed by atoms with van der Waals surface area (Å²) >= 11 is 0. The molecule has 0 fully saturated rings. The molecule has 0 unspecified atom stereocenters. The summed E-state index contributed by atoms with van der Waals surface area (Å²) in [7, 11) is -5.68. The largest absolute Gasteiger partial charge is 0.516 e. The van der Waals surface area contributed by atoms with E-state index >= 15 is 0 Å². The minimum Gasteiger partial charge on any atom is -0.456 e. The maximum Gasteiger partial charge on any atom is 0.516 e. The minimum atomic E-state index is -5.68. The first-order chi connectivity index (χ1) is 13.0. The molecular formula is C17H11F4N3O3S. The van der Waals surface area contributed by atoms with Crippen LogP contribution in [0.4, 0.5) is 23.2 Å². The van der Waals surface area contributed by atoms with E-state index < -0.39 is 27.0 Å². The van der Waals surface area contributed by atoms with Gasteiger partial charge in [-0.15, -0.1) is 0 Å². The van der Waals surface area contributed by atoms with Gasteiger partial charge in [-0.3, -0.25) is 4.72 Å². The van der Waals surface area contributed by atoms with Crippen molar-refractivity contribution in [2.75, 3.05) is 4.72 Å². The second-order valence-electron chi connectivity index (χ2n) is 5.37. The van der Waals surface area contributed by atoms with Crippen LogP contribution < -0.4 is 9.46 Å². The lowest BCUT2D eigenvalue weighted by Crippen LogP contribution is -2.30. The number of hydrogen-bond donors (Lipinski definition) is 1. The van der Waals surface area contributed by atoms with Crippen LogP contribution >= 0.6 is 0 Å². The fraction of sp³-hybridized carbons (Fsp3) is 0.176. The lowest BCUT2D eigenvalue weighted by Gasteiger charge is -2.17. The first-order valence-electron chi connectivity index (χ1n) is 7.56. The molecule has 2 aromatic rings. The molecular weight excluding hydrogens is 402 g/mol. The van der Waals surface area contributed by atoms with Gasteiger partial charge in [0.2, 0.25) is 0 Å². The van der Waals surface area contributed by atoms with Gasteiger partial charge in [0, 0.05) is 6.07 Å². The molecule has 11 heteroatoms. The number of nitriles is 2. The van der Waals surface area contributed by atoms with Crippen molar-refractivity contribution in [1.29, 1.82) is 10.5 Å². The number of hydrogen-bond acceptors (Lipinski definition) is 5. The lowest BCUT2D eigenvalue weighted by molar-refractivity contribution is -0.0429. The number of nitrogens with zero attached hydrogens (tertiary/aromatic N) is 2. The van der Waals surface area contributed by atoms with Crippen molar-refractivity contribution in [3.05, 3.63) is 52.8 Å². The fourth-order valence-electron chi connectivity index (χ4n) is 2.31. The van der Waals surface area contributed by atoms with Crippen LogP contribution in [0.25, 0.3) is 0 Å². The number of sulfonamides is 1. The summed E-state index contributed by atoms with van der Waals surface area (Å²) in [6, 6.07) is 8.66. The highest BCUT2D eigenvalue weighted by Gasteiger charge is 2.46. The molecule has 1 N–H and O–H groups in total. The van der Waals surface area contributed by atoms with Gasteiger partial charge in [-0.05, 0) is 36.2 Å². The van der Waals surface area contributed by atoms with Crippen LogP contribution in [0, 0.1) is 28.5 Å². The maximum atomic E-state index is 13.5. The van der Waals surface area contributed by atoms with Crippen LogP contribution in [0.15, 0.2) is 30.3 Å². The second kappa shape index (κ2) is 7.74. The predicted octanol–water partition coefficient (Wildman–Crippen LogP) is 4.19. The molecule has 0 aromatic heterocycles. The number of halogens is 4. The van der Waals surface area contributed by atoms with E-state index in [1.807, 2.05) is 0 Å². The summed E-state index contributed by atoms with van der Waals surface area (Å²) in [6.45, 7) is 1.50. The van der Waals surface area contributed by atoms with E-state index in [1.54, 1.807) is 12.1 Å². The summed E-state index contributed by atoms with van der Waals surface area (Å²) in [5.41, 5.74) is -6.27. The van der Waals surface area contributed by atoms with E-state index in [0.29, 0.717) is 0 Å². The number of rotatable bonds is 5. The van der Waals surface area contributed by atoms with Crippen LogP contribution in [0.2, 0.25) is 0 Å². The molecule has 0 aliphatic rings. The molecule has 2 aromatic carbocycles. The van der Waals surface area contributed by atoms with Crippen molar-refractivity contribution in [3.8, 4) is 23.6 Å². The third kappa shape index (κ3) is 4.32. The zero-order valence-electron chi connectivity index (χ0n) is 14.1. The molecule has 0 amide bonds. The Morgan fingerprint density at radius 2 is 1.82 bits per heavy atom. The average Bonchev–Trinajstić information content (AvgIpc) is 2.60. The molecule has 0 bridgehead atoms. The highest BCUT2D eigenvalue weighted by atomic mass is 32.2. The van der Waals surface area contributed by atoms with Crippen molar-refractivity contribution < 1.29 is 30.7 Å². The quantitative estimate of drug-likeness (QED) is 0.741. The van der Waals surface area contributed by atoms with E-state index in [0.717, 1.165) is 24.3 Å². The average molecular weight is 413 g/mol. The number of nitrogens with one attached hydrogen (secondary N) is 1. The Kier molecular flexibility index (Phi) is 5.81. The Morgan fingerprint density at radius 3 is 2.36 bits per heavy atom. The standard InChI is InChI=1S/C17H11F4N3O3S/c1-2-13-14(9-23)16(27-12-6-10(8-22)5-11(18)7-12)4-3-15(13)24-28(25,26)17(19,20)21/h3-7,24H,2H2,1H3. The number of ether oxygens (including phenoxy) is 1. The summed E-state index contributed by atoms with van der Waals surface area (Å²) in [4.78, 5) is 0. The molecule has 0 saturated carbocycles. The highest BCUT2D eigenvalue weighted by Crippen LogP contribution is 2.35. The summed E-state index contributed by atoms with van der Waals surface area (Å²) < 4.78 is 80.9. The lowest BCUT2D eigenvalue weighted by atomic mass is 10.0. The molecule has 0 spiro atoms. The molecule has 6 nitrogen and oxygen atoms in total. The molecule has 0 atom stereocenters. The Labute approximate surface area is 157 Å². The van der Waals surface area contributed by atoms with Crippen LogP contribution in [-0.4, -0.2) is 13.9 Å². The number of anilines is 1. The van der Waals surface area contributed by atoms with E-state index in [4.69, 9.17) is 10.00 Å². The van der Waals surface area contributed by atoms with Gasteiger partial charge in [0.15, 0.2) is 0 Å². The first kappa shape index (κ1) is 21.0. The maximum absolute atomic E-state index is 13.5. The molecule has 146 valence electrons. The van der Waals surface area contributed by atoms with Crippen molar-refractivity contribution in [3.63, 3.8) is 0 Å². The van der Waals surface area contributed by atoms with Gasteiger partial charge < -0.3 is 4.74 Å². The van der Waals surface area contributed by atoms with E-state index in [9.17, 15) is 31.2 Å². The number of benzene rings is 2. The molecule has 0 heterocycles. The van der Waals surface area contributed by atoms with Gasteiger partial charge in [0.05, 0.1) is 22.9 Å². The Morgan fingerprint density at radius 1 is 1.14 bits per heavy atom. The Balaban J connectivity index is 2.51. The van der Waals surface area contributed by atoms with Gasteiger partial charge in [0.25, 0.3) is 0 Å². The monoisotopic (exact) mass is 413 g/mol. The van der Waals surface area contributed by atoms with Gasteiger partial charge in [-0.2, -0.15) is 32.1 Å². The third-order valence-electron chi connectivity index (χ3n) is 3.52. The van der Waals surface area contributed by atoms with Gasteiger partial charge in [0.1, 0.15) is 23.4 Å². The molecule has 0 radical (unpaired) electrons. The van der Waals surface area contributed by atoms with Crippen LogP contribution in [-0.2, 0) is 16.4 Å². The van der Waals surface area contributed by atoms with Crippen molar-refractivity contribution in [2.24, 2.45) is 0 Å². The SMILES string of the molecule is CCc1c(NS(=O)(=O)C(F)(F)F)ccc(Oc2cc(F)cc(C#N)c2)c1C#N. The van der Waals surface area contributed by atoms with Crippen molar-refractivity contribution in [2.45, 2.75) is 18.9 Å². The van der Waals surface area contributed by atoms with Gasteiger partial charge >= 0.3 is 15.5 Å². The molecule has 28 heavy (non-hydrogen) atoms. The van der Waals surface area contributed by atoms with E-state index in [-0.39, 0.29) is 34.6 Å². The van der Waals surface area contributed by atoms with E-state index in [1.165, 1.54) is 17.7 Å². The first-order valence-corrected chi connectivity index (χ1v) is 9.04.